The van der Waals surface area contributed by atoms with Crippen molar-refractivity contribution >= 4 is 11.0 Å². The Labute approximate surface area is 125 Å². The van der Waals surface area contributed by atoms with Gasteiger partial charge in [0.1, 0.15) is 5.58 Å². The van der Waals surface area contributed by atoms with Gasteiger partial charge in [0.15, 0.2) is 0 Å². The van der Waals surface area contributed by atoms with E-state index in [1.165, 1.54) is 5.56 Å². The van der Waals surface area contributed by atoms with E-state index in [0.717, 1.165) is 54.8 Å². The van der Waals surface area contributed by atoms with Crippen molar-refractivity contribution < 1.29 is 4.42 Å². The molecule has 0 atom stereocenters. The topological polar surface area (TPSA) is 36.7 Å². The predicted octanol–water partition coefficient (Wildman–Crippen LogP) is 2.16. The van der Waals surface area contributed by atoms with Crippen LogP contribution in [0.1, 0.15) is 16.7 Å². The minimum atomic E-state index is -0.251. The highest BCUT2D eigenvalue weighted by Crippen LogP contribution is 2.23. The van der Waals surface area contributed by atoms with Crippen molar-refractivity contribution in [3.63, 3.8) is 0 Å². The third-order valence-electron chi connectivity index (χ3n) is 4.25. The molecule has 1 aromatic carbocycles. The minimum Gasteiger partial charge on any atom is -0.422 e. The van der Waals surface area contributed by atoms with E-state index in [-0.39, 0.29) is 5.63 Å². The van der Waals surface area contributed by atoms with Gasteiger partial charge in [0.2, 0.25) is 0 Å². The van der Waals surface area contributed by atoms with Crippen LogP contribution in [-0.4, -0.2) is 43.0 Å². The summed E-state index contributed by atoms with van der Waals surface area (Å²) in [7, 11) is 2.15. The highest BCUT2D eigenvalue weighted by atomic mass is 16.4. The molecule has 2 heterocycles. The molecule has 4 heteroatoms. The zero-order valence-corrected chi connectivity index (χ0v) is 13.0. The van der Waals surface area contributed by atoms with Crippen molar-refractivity contribution in [2.75, 3.05) is 33.2 Å². The van der Waals surface area contributed by atoms with Gasteiger partial charge >= 0.3 is 5.63 Å². The number of piperazine rings is 1. The van der Waals surface area contributed by atoms with E-state index in [9.17, 15) is 4.79 Å². The lowest BCUT2D eigenvalue weighted by Crippen LogP contribution is -2.44. The Morgan fingerprint density at radius 1 is 1.10 bits per heavy atom. The molecule has 1 aliphatic heterocycles. The summed E-state index contributed by atoms with van der Waals surface area (Å²) in [6, 6.07) is 5.83. The first-order valence-electron chi connectivity index (χ1n) is 7.48. The van der Waals surface area contributed by atoms with Gasteiger partial charge < -0.3 is 9.32 Å². The van der Waals surface area contributed by atoms with E-state index in [1.807, 2.05) is 6.92 Å². The first kappa shape index (κ1) is 14.3. The molecular weight excluding hydrogens is 264 g/mol. The second-order valence-electron chi connectivity index (χ2n) is 6.13. The van der Waals surface area contributed by atoms with Gasteiger partial charge in [-0.1, -0.05) is 6.07 Å². The number of nitrogens with zero attached hydrogens (tertiary/aromatic N) is 2. The SMILES string of the molecule is Cc1cc(C)c2oc(=O)cc(CN3CCN(C)CC3)c2c1. The Balaban J connectivity index is 1.99. The third-order valence-corrected chi connectivity index (χ3v) is 4.25. The van der Waals surface area contributed by atoms with Gasteiger partial charge in [0, 0.05) is 44.2 Å². The van der Waals surface area contributed by atoms with Crippen molar-refractivity contribution in [1.82, 2.24) is 9.80 Å². The second-order valence-corrected chi connectivity index (χ2v) is 6.13. The zero-order valence-electron chi connectivity index (χ0n) is 13.0. The molecule has 112 valence electrons. The molecule has 3 rings (SSSR count). The van der Waals surface area contributed by atoms with Crippen molar-refractivity contribution in [3.8, 4) is 0 Å². The van der Waals surface area contributed by atoms with Crippen LogP contribution >= 0.6 is 0 Å². The fourth-order valence-electron chi connectivity index (χ4n) is 3.06. The number of rotatable bonds is 2. The van der Waals surface area contributed by atoms with Gasteiger partial charge in [0.25, 0.3) is 0 Å². The Bertz CT molecular complexity index is 713. The second kappa shape index (κ2) is 5.62. The fourth-order valence-corrected chi connectivity index (χ4v) is 3.06. The fraction of sp³-hybridized carbons (Fsp3) is 0.471. The lowest BCUT2D eigenvalue weighted by molar-refractivity contribution is 0.148. The number of aryl methyl sites for hydroxylation is 2. The van der Waals surface area contributed by atoms with E-state index in [1.54, 1.807) is 6.07 Å². The van der Waals surface area contributed by atoms with Crippen molar-refractivity contribution in [2.45, 2.75) is 20.4 Å². The smallest absolute Gasteiger partial charge is 0.336 e. The summed E-state index contributed by atoms with van der Waals surface area (Å²) >= 11 is 0. The Morgan fingerprint density at radius 2 is 1.81 bits per heavy atom. The maximum absolute atomic E-state index is 11.8. The first-order chi connectivity index (χ1) is 10.0. The summed E-state index contributed by atoms with van der Waals surface area (Å²) in [5.41, 5.74) is 3.80. The van der Waals surface area contributed by atoms with Crippen LogP contribution in [0.3, 0.4) is 0 Å². The molecule has 0 saturated carbocycles. The lowest BCUT2D eigenvalue weighted by atomic mass is 10.0. The van der Waals surface area contributed by atoms with E-state index >= 15 is 0 Å². The predicted molar refractivity (Wildman–Crippen MR) is 84.7 cm³/mol. The van der Waals surface area contributed by atoms with Gasteiger partial charge in [0.05, 0.1) is 0 Å². The molecule has 1 saturated heterocycles. The summed E-state index contributed by atoms with van der Waals surface area (Å²) in [4.78, 5) is 16.6. The van der Waals surface area contributed by atoms with Gasteiger partial charge in [-0.3, -0.25) is 4.90 Å². The van der Waals surface area contributed by atoms with E-state index in [0.29, 0.717) is 0 Å². The number of likely N-dealkylation sites (N-methyl/N-ethyl adjacent to an activating group) is 1. The summed E-state index contributed by atoms with van der Waals surface area (Å²) in [5.74, 6) is 0. The molecule has 1 aliphatic rings. The van der Waals surface area contributed by atoms with Gasteiger partial charge in [-0.05, 0) is 43.7 Å². The molecule has 0 spiro atoms. The standard InChI is InChI=1S/C17H22N2O2/c1-12-8-13(2)17-15(9-12)14(10-16(20)21-17)11-19-6-4-18(3)5-7-19/h8-10H,4-7,11H2,1-3H3. The van der Waals surface area contributed by atoms with Gasteiger partial charge in [-0.2, -0.15) is 0 Å². The van der Waals surface area contributed by atoms with Gasteiger partial charge in [-0.15, -0.1) is 0 Å². The van der Waals surface area contributed by atoms with Crippen molar-refractivity contribution in [2.24, 2.45) is 0 Å². The Hall–Kier alpha value is -1.65. The van der Waals surface area contributed by atoms with E-state index in [2.05, 4.69) is 35.9 Å². The maximum atomic E-state index is 11.8. The lowest BCUT2D eigenvalue weighted by Gasteiger charge is -2.32. The molecule has 4 nitrogen and oxygen atoms in total. The largest absolute Gasteiger partial charge is 0.422 e. The molecule has 1 aromatic heterocycles. The van der Waals surface area contributed by atoms with Crippen molar-refractivity contribution in [1.29, 1.82) is 0 Å². The highest BCUT2D eigenvalue weighted by Gasteiger charge is 2.16. The highest BCUT2D eigenvalue weighted by molar-refractivity contribution is 5.83. The zero-order chi connectivity index (χ0) is 15.0. The summed E-state index contributed by atoms with van der Waals surface area (Å²) in [6.45, 7) is 9.15. The average molecular weight is 286 g/mol. The molecule has 0 amide bonds. The number of fused-ring (bicyclic) bond motifs is 1. The Kier molecular flexibility index (Phi) is 3.83. The first-order valence-corrected chi connectivity index (χ1v) is 7.48. The van der Waals surface area contributed by atoms with Crippen LogP contribution in [0.4, 0.5) is 0 Å². The van der Waals surface area contributed by atoms with Crippen LogP contribution in [-0.2, 0) is 6.54 Å². The van der Waals surface area contributed by atoms with Crippen LogP contribution in [0.5, 0.6) is 0 Å². The minimum absolute atomic E-state index is 0.251. The molecule has 0 bridgehead atoms. The monoisotopic (exact) mass is 286 g/mol. The Morgan fingerprint density at radius 3 is 2.52 bits per heavy atom. The summed E-state index contributed by atoms with van der Waals surface area (Å²) in [6.07, 6.45) is 0. The molecule has 0 radical (unpaired) electrons. The summed E-state index contributed by atoms with van der Waals surface area (Å²) < 4.78 is 5.41. The van der Waals surface area contributed by atoms with Crippen LogP contribution in [0.15, 0.2) is 27.4 Å². The average Bonchev–Trinajstić information content (AvgIpc) is 2.43. The summed E-state index contributed by atoms with van der Waals surface area (Å²) in [5, 5.41) is 1.08. The van der Waals surface area contributed by atoms with Gasteiger partial charge in [-0.25, -0.2) is 4.79 Å². The quantitative estimate of drug-likeness (QED) is 0.793. The van der Waals surface area contributed by atoms with Crippen LogP contribution < -0.4 is 5.63 Å². The van der Waals surface area contributed by atoms with E-state index in [4.69, 9.17) is 4.42 Å². The molecule has 0 N–H and O–H groups in total. The number of hydrogen-bond acceptors (Lipinski definition) is 4. The number of hydrogen-bond donors (Lipinski definition) is 0. The van der Waals surface area contributed by atoms with Crippen LogP contribution in [0, 0.1) is 13.8 Å². The molecule has 21 heavy (non-hydrogen) atoms. The maximum Gasteiger partial charge on any atom is 0.336 e. The molecule has 1 fully saturated rings. The molecule has 0 aliphatic carbocycles. The van der Waals surface area contributed by atoms with Crippen LogP contribution in [0.25, 0.3) is 11.0 Å². The molecule has 0 unspecified atom stereocenters. The van der Waals surface area contributed by atoms with Crippen LogP contribution in [0.2, 0.25) is 0 Å². The molecule has 2 aromatic rings. The van der Waals surface area contributed by atoms with Crippen molar-refractivity contribution in [3.05, 3.63) is 45.3 Å². The molecular formula is C17H22N2O2. The number of benzene rings is 1. The van der Waals surface area contributed by atoms with E-state index < -0.39 is 0 Å². The third kappa shape index (κ3) is 3.01. The normalized spacial score (nSPS) is 17.5.